The fourth-order valence-corrected chi connectivity index (χ4v) is 1.90. The molecule has 3 nitrogen and oxygen atoms in total. The first-order valence-electron chi connectivity index (χ1n) is 5.31. The van der Waals surface area contributed by atoms with Crippen molar-refractivity contribution < 1.29 is 0 Å². The first-order chi connectivity index (χ1) is 7.70. The first kappa shape index (κ1) is 10.7. The Hall–Kier alpha value is -1.79. The Morgan fingerprint density at radius 1 is 1.38 bits per heavy atom. The maximum atomic E-state index is 8.69. The van der Waals surface area contributed by atoms with Gasteiger partial charge in [0.2, 0.25) is 0 Å². The van der Waals surface area contributed by atoms with Gasteiger partial charge in [0.15, 0.2) is 0 Å². The van der Waals surface area contributed by atoms with Gasteiger partial charge in [-0.2, -0.15) is 5.26 Å². The molecule has 0 fully saturated rings. The van der Waals surface area contributed by atoms with Gasteiger partial charge in [0, 0.05) is 23.6 Å². The normalized spacial score (nSPS) is 10.9. The monoisotopic (exact) mass is 213 g/mol. The highest BCUT2D eigenvalue weighted by molar-refractivity contribution is 5.83. The predicted octanol–water partition coefficient (Wildman–Crippen LogP) is 2.30. The number of benzene rings is 1. The summed E-state index contributed by atoms with van der Waals surface area (Å²) in [7, 11) is 4.11. The maximum absolute atomic E-state index is 8.69. The summed E-state index contributed by atoms with van der Waals surface area (Å²) in [6, 6.07) is 8.33. The summed E-state index contributed by atoms with van der Waals surface area (Å²) in [5.74, 6) is 0. The zero-order chi connectivity index (χ0) is 11.5. The van der Waals surface area contributed by atoms with E-state index >= 15 is 0 Å². The van der Waals surface area contributed by atoms with Gasteiger partial charge in [0.25, 0.3) is 0 Å². The van der Waals surface area contributed by atoms with E-state index in [9.17, 15) is 0 Å². The molecule has 0 aliphatic heterocycles. The molecule has 0 saturated heterocycles. The van der Waals surface area contributed by atoms with Gasteiger partial charge >= 0.3 is 0 Å². The average molecular weight is 213 g/mol. The number of aromatic amines is 1. The van der Waals surface area contributed by atoms with Crippen LogP contribution in [-0.2, 0) is 13.0 Å². The summed E-state index contributed by atoms with van der Waals surface area (Å²) < 4.78 is 0. The third-order valence-electron chi connectivity index (χ3n) is 2.60. The van der Waals surface area contributed by atoms with Gasteiger partial charge in [-0.1, -0.05) is 6.07 Å². The number of fused-ring (bicyclic) bond motifs is 1. The quantitative estimate of drug-likeness (QED) is 0.850. The second kappa shape index (κ2) is 4.38. The molecule has 0 atom stereocenters. The lowest BCUT2D eigenvalue weighted by molar-refractivity contribution is 0.404. The van der Waals surface area contributed by atoms with Gasteiger partial charge in [0.1, 0.15) is 0 Å². The standard InChI is InChI=1S/C13H15N3/c1-16(2)9-11-8-15-13-4-3-10(5-6-14)7-12(11)13/h3-4,7-8,15H,5,9H2,1-2H3. The Labute approximate surface area is 95.3 Å². The van der Waals surface area contributed by atoms with Crippen LogP contribution in [0.5, 0.6) is 0 Å². The van der Waals surface area contributed by atoms with Gasteiger partial charge in [0.05, 0.1) is 12.5 Å². The van der Waals surface area contributed by atoms with Gasteiger partial charge in [-0.25, -0.2) is 0 Å². The molecule has 1 aromatic heterocycles. The molecule has 0 amide bonds. The molecule has 2 rings (SSSR count). The van der Waals surface area contributed by atoms with E-state index in [1.165, 1.54) is 10.9 Å². The number of nitrogens with zero attached hydrogens (tertiary/aromatic N) is 2. The van der Waals surface area contributed by atoms with E-state index in [0.717, 1.165) is 17.6 Å². The third-order valence-corrected chi connectivity index (χ3v) is 2.60. The van der Waals surface area contributed by atoms with Crippen LogP contribution >= 0.6 is 0 Å². The molecule has 0 saturated carbocycles. The summed E-state index contributed by atoms with van der Waals surface area (Å²) in [6.45, 7) is 0.913. The summed E-state index contributed by atoms with van der Waals surface area (Å²) in [5, 5.41) is 9.91. The zero-order valence-corrected chi connectivity index (χ0v) is 9.62. The summed E-state index contributed by atoms with van der Waals surface area (Å²) in [5.41, 5.74) is 3.49. The highest BCUT2D eigenvalue weighted by atomic mass is 15.0. The molecule has 3 heteroatoms. The van der Waals surface area contributed by atoms with Crippen LogP contribution in [0.15, 0.2) is 24.4 Å². The topological polar surface area (TPSA) is 42.8 Å². The van der Waals surface area contributed by atoms with Crippen LogP contribution in [0.3, 0.4) is 0 Å². The molecule has 1 aromatic carbocycles. The van der Waals surface area contributed by atoms with E-state index in [1.54, 1.807) is 0 Å². The van der Waals surface area contributed by atoms with Gasteiger partial charge in [-0.05, 0) is 37.4 Å². The summed E-state index contributed by atoms with van der Waals surface area (Å²) in [4.78, 5) is 5.39. The summed E-state index contributed by atoms with van der Waals surface area (Å²) >= 11 is 0. The van der Waals surface area contributed by atoms with Crippen molar-refractivity contribution >= 4 is 10.9 Å². The van der Waals surface area contributed by atoms with E-state index < -0.39 is 0 Å². The van der Waals surface area contributed by atoms with Crippen molar-refractivity contribution in [1.29, 1.82) is 5.26 Å². The van der Waals surface area contributed by atoms with Crippen LogP contribution in [0.2, 0.25) is 0 Å². The molecule has 16 heavy (non-hydrogen) atoms. The second-order valence-electron chi connectivity index (χ2n) is 4.27. The van der Waals surface area contributed by atoms with Crippen LogP contribution in [-0.4, -0.2) is 24.0 Å². The Balaban J connectivity index is 2.44. The van der Waals surface area contributed by atoms with Crippen molar-refractivity contribution in [3.63, 3.8) is 0 Å². The minimum absolute atomic E-state index is 0.475. The number of nitrogens with one attached hydrogen (secondary N) is 1. The maximum Gasteiger partial charge on any atom is 0.0669 e. The van der Waals surface area contributed by atoms with Crippen molar-refractivity contribution in [1.82, 2.24) is 9.88 Å². The van der Waals surface area contributed by atoms with Crippen LogP contribution in [0.25, 0.3) is 10.9 Å². The molecule has 0 radical (unpaired) electrons. The highest BCUT2D eigenvalue weighted by Crippen LogP contribution is 2.20. The molecule has 0 spiro atoms. The fraction of sp³-hybridized carbons (Fsp3) is 0.308. The summed E-state index contributed by atoms with van der Waals surface area (Å²) in [6.07, 6.45) is 2.52. The van der Waals surface area contributed by atoms with Crippen molar-refractivity contribution in [3.8, 4) is 6.07 Å². The Bertz CT molecular complexity index is 532. The minimum atomic E-state index is 0.475. The predicted molar refractivity (Wildman–Crippen MR) is 65.0 cm³/mol. The first-order valence-corrected chi connectivity index (χ1v) is 5.31. The van der Waals surface area contributed by atoms with Crippen molar-refractivity contribution in [2.75, 3.05) is 14.1 Å². The second-order valence-corrected chi connectivity index (χ2v) is 4.27. The highest BCUT2D eigenvalue weighted by Gasteiger charge is 2.05. The van der Waals surface area contributed by atoms with E-state index in [1.807, 2.05) is 18.3 Å². The Morgan fingerprint density at radius 2 is 2.19 bits per heavy atom. The van der Waals surface area contributed by atoms with Gasteiger partial charge in [-0.15, -0.1) is 0 Å². The smallest absolute Gasteiger partial charge is 0.0669 e. The number of hydrogen-bond donors (Lipinski definition) is 1. The SMILES string of the molecule is CN(C)Cc1c[nH]c2ccc(CC#N)cc12. The van der Waals surface area contributed by atoms with E-state index in [2.05, 4.69) is 36.1 Å². The molecular formula is C13H15N3. The average Bonchev–Trinajstić information content (AvgIpc) is 2.61. The lowest BCUT2D eigenvalue weighted by Crippen LogP contribution is -2.10. The van der Waals surface area contributed by atoms with Gasteiger partial charge < -0.3 is 9.88 Å². The van der Waals surface area contributed by atoms with E-state index in [0.29, 0.717) is 6.42 Å². The molecule has 0 bridgehead atoms. The van der Waals surface area contributed by atoms with Crippen molar-refractivity contribution in [3.05, 3.63) is 35.5 Å². The molecule has 2 aromatic rings. The zero-order valence-electron chi connectivity index (χ0n) is 9.62. The number of aromatic nitrogens is 1. The molecule has 0 aliphatic carbocycles. The number of nitriles is 1. The van der Waals surface area contributed by atoms with E-state index in [-0.39, 0.29) is 0 Å². The lowest BCUT2D eigenvalue weighted by Gasteiger charge is -2.08. The van der Waals surface area contributed by atoms with Crippen molar-refractivity contribution in [2.45, 2.75) is 13.0 Å². The molecule has 1 N–H and O–H groups in total. The van der Waals surface area contributed by atoms with Crippen LogP contribution in [0.1, 0.15) is 11.1 Å². The molecular weight excluding hydrogens is 198 g/mol. The fourth-order valence-electron chi connectivity index (χ4n) is 1.90. The molecule has 82 valence electrons. The lowest BCUT2D eigenvalue weighted by atomic mass is 10.1. The van der Waals surface area contributed by atoms with Crippen molar-refractivity contribution in [2.24, 2.45) is 0 Å². The van der Waals surface area contributed by atoms with Crippen LogP contribution in [0, 0.1) is 11.3 Å². The Morgan fingerprint density at radius 3 is 2.88 bits per heavy atom. The largest absolute Gasteiger partial charge is 0.361 e. The number of H-pyrrole nitrogens is 1. The van der Waals surface area contributed by atoms with Crippen LogP contribution < -0.4 is 0 Å². The number of rotatable bonds is 3. The third kappa shape index (κ3) is 2.07. The molecule has 0 unspecified atom stereocenters. The van der Waals surface area contributed by atoms with E-state index in [4.69, 9.17) is 5.26 Å². The minimum Gasteiger partial charge on any atom is -0.361 e. The molecule has 1 heterocycles. The molecule has 0 aliphatic rings. The van der Waals surface area contributed by atoms with Gasteiger partial charge in [-0.3, -0.25) is 0 Å². The Kier molecular flexibility index (Phi) is 2.93. The van der Waals surface area contributed by atoms with Crippen LogP contribution in [0.4, 0.5) is 0 Å². The number of hydrogen-bond acceptors (Lipinski definition) is 2.